The third kappa shape index (κ3) is 7.84. The molecule has 2 rings (SSSR count). The van der Waals surface area contributed by atoms with E-state index in [2.05, 4.69) is 21.2 Å². The van der Waals surface area contributed by atoms with Gasteiger partial charge < -0.3 is 10.2 Å². The molecule has 1 unspecified atom stereocenters. The largest absolute Gasteiger partial charge is 0.416 e. The summed E-state index contributed by atoms with van der Waals surface area (Å²) in [5, 5.41) is 2.32. The van der Waals surface area contributed by atoms with Gasteiger partial charge in [-0.15, -0.1) is 0 Å². The minimum Gasteiger partial charge on any atom is -0.355 e. The van der Waals surface area contributed by atoms with Crippen LogP contribution in [0.25, 0.3) is 0 Å². The van der Waals surface area contributed by atoms with Crippen LogP contribution >= 0.6 is 27.5 Å². The Labute approximate surface area is 215 Å². The van der Waals surface area contributed by atoms with Gasteiger partial charge >= 0.3 is 6.18 Å². The van der Waals surface area contributed by atoms with Gasteiger partial charge in [0.25, 0.3) is 0 Å². The molecule has 0 heterocycles. The zero-order valence-electron chi connectivity index (χ0n) is 19.1. The Morgan fingerprint density at radius 1 is 1.14 bits per heavy atom. The number of rotatable bonds is 9. The quantitative estimate of drug-likeness (QED) is 0.463. The van der Waals surface area contributed by atoms with E-state index in [0.717, 1.165) is 21.7 Å². The third-order valence-electron chi connectivity index (χ3n) is 5.01. The van der Waals surface area contributed by atoms with Gasteiger partial charge in [0.2, 0.25) is 21.8 Å². The highest BCUT2D eigenvalue weighted by atomic mass is 79.9. The van der Waals surface area contributed by atoms with Gasteiger partial charge in [0.05, 0.1) is 22.5 Å². The van der Waals surface area contributed by atoms with Gasteiger partial charge in [-0.3, -0.25) is 13.9 Å². The number of amides is 2. The number of halogens is 5. The molecule has 0 saturated carbocycles. The lowest BCUT2D eigenvalue weighted by Gasteiger charge is -2.31. The summed E-state index contributed by atoms with van der Waals surface area (Å²) in [5.41, 5.74) is -0.965. The molecule has 0 bridgehead atoms. The molecule has 0 fully saturated rings. The molecule has 192 valence electrons. The zero-order valence-corrected chi connectivity index (χ0v) is 22.2. The van der Waals surface area contributed by atoms with E-state index in [9.17, 15) is 31.2 Å². The summed E-state index contributed by atoms with van der Waals surface area (Å²) in [6.45, 7) is 2.58. The molecule has 0 saturated heterocycles. The van der Waals surface area contributed by atoms with E-state index in [0.29, 0.717) is 28.5 Å². The number of alkyl halides is 3. The standard InChI is InChI=1S/C22H24BrClF3N3O4S/c1-4-28-21(32)14(2)29(12-15-5-8-17(23)9-6-15)20(31)13-30(35(3,33)34)19-11-16(22(25,26)27)7-10-18(19)24/h5-11,14H,4,12-13H2,1-3H3,(H,28,32). The normalized spacial score (nSPS) is 12.7. The molecular weight excluding hydrogens is 575 g/mol. The van der Waals surface area contributed by atoms with Gasteiger partial charge in [0.1, 0.15) is 12.6 Å². The van der Waals surface area contributed by atoms with Crippen LogP contribution in [0.15, 0.2) is 46.9 Å². The predicted molar refractivity (Wildman–Crippen MR) is 131 cm³/mol. The monoisotopic (exact) mass is 597 g/mol. The van der Waals surface area contributed by atoms with Crippen molar-refractivity contribution < 1.29 is 31.2 Å². The summed E-state index contributed by atoms with van der Waals surface area (Å²) in [6, 6.07) is 8.11. The van der Waals surface area contributed by atoms with Crippen LogP contribution in [0.4, 0.5) is 18.9 Å². The fraction of sp³-hybridized carbons (Fsp3) is 0.364. The Kier molecular flexibility index (Phi) is 9.60. The Morgan fingerprint density at radius 2 is 1.74 bits per heavy atom. The molecule has 0 aromatic heterocycles. The SMILES string of the molecule is CCNC(=O)C(C)N(Cc1ccc(Br)cc1)C(=O)CN(c1cc(C(F)(F)F)ccc1Cl)S(C)(=O)=O. The molecule has 35 heavy (non-hydrogen) atoms. The number of hydrogen-bond acceptors (Lipinski definition) is 4. The Hall–Kier alpha value is -2.31. The number of hydrogen-bond donors (Lipinski definition) is 1. The average Bonchev–Trinajstić information content (AvgIpc) is 2.75. The summed E-state index contributed by atoms with van der Waals surface area (Å²) in [6.07, 6.45) is -4.00. The topological polar surface area (TPSA) is 86.8 Å². The molecule has 2 aromatic rings. The van der Waals surface area contributed by atoms with E-state index < -0.39 is 51.9 Å². The van der Waals surface area contributed by atoms with Gasteiger partial charge in [0.15, 0.2) is 0 Å². The highest BCUT2D eigenvalue weighted by molar-refractivity contribution is 9.10. The van der Waals surface area contributed by atoms with Crippen LogP contribution in [0.5, 0.6) is 0 Å². The highest BCUT2D eigenvalue weighted by Gasteiger charge is 2.34. The molecule has 1 atom stereocenters. The highest BCUT2D eigenvalue weighted by Crippen LogP contribution is 2.36. The predicted octanol–water partition coefficient (Wildman–Crippen LogP) is 4.44. The molecule has 0 aliphatic heterocycles. The molecule has 0 radical (unpaired) electrons. The van der Waals surface area contributed by atoms with E-state index in [1.807, 2.05) is 0 Å². The number of benzene rings is 2. The number of nitrogens with one attached hydrogen (secondary N) is 1. The lowest BCUT2D eigenvalue weighted by molar-refractivity contribution is -0.139. The van der Waals surface area contributed by atoms with Crippen LogP contribution < -0.4 is 9.62 Å². The van der Waals surface area contributed by atoms with Crippen molar-refractivity contribution >= 4 is 55.1 Å². The van der Waals surface area contributed by atoms with Crippen molar-refractivity contribution in [2.45, 2.75) is 32.6 Å². The van der Waals surface area contributed by atoms with Crippen molar-refractivity contribution in [2.75, 3.05) is 23.7 Å². The summed E-state index contributed by atoms with van der Waals surface area (Å²) >= 11 is 9.35. The van der Waals surface area contributed by atoms with Crippen molar-refractivity contribution in [2.24, 2.45) is 0 Å². The van der Waals surface area contributed by atoms with Gasteiger partial charge in [-0.25, -0.2) is 8.42 Å². The lowest BCUT2D eigenvalue weighted by atomic mass is 10.1. The number of likely N-dealkylation sites (N-methyl/N-ethyl adjacent to an activating group) is 1. The number of sulfonamides is 1. The first-order chi connectivity index (χ1) is 16.1. The Balaban J connectivity index is 2.48. The minimum atomic E-state index is -4.76. The van der Waals surface area contributed by atoms with Crippen molar-refractivity contribution in [3.8, 4) is 0 Å². The smallest absolute Gasteiger partial charge is 0.355 e. The summed E-state index contributed by atoms with van der Waals surface area (Å²) in [7, 11) is -4.24. The zero-order chi connectivity index (χ0) is 26.6. The number of carbonyl (C=O) groups excluding carboxylic acids is 2. The molecule has 2 aromatic carbocycles. The second kappa shape index (κ2) is 11.6. The molecule has 7 nitrogen and oxygen atoms in total. The van der Waals surface area contributed by atoms with Crippen LogP contribution in [-0.2, 0) is 32.3 Å². The first-order valence-corrected chi connectivity index (χ1v) is 13.3. The van der Waals surface area contributed by atoms with Crippen molar-refractivity contribution in [3.63, 3.8) is 0 Å². The van der Waals surface area contributed by atoms with Crippen molar-refractivity contribution in [3.05, 3.63) is 63.1 Å². The molecular formula is C22H24BrClF3N3O4S. The molecule has 1 N–H and O–H groups in total. The van der Waals surface area contributed by atoms with E-state index >= 15 is 0 Å². The first-order valence-electron chi connectivity index (χ1n) is 10.3. The third-order valence-corrected chi connectivity index (χ3v) is 6.98. The summed E-state index contributed by atoms with van der Waals surface area (Å²) in [4.78, 5) is 27.0. The maximum atomic E-state index is 13.4. The minimum absolute atomic E-state index is 0.0433. The number of nitrogens with zero attached hydrogens (tertiary/aromatic N) is 2. The first kappa shape index (κ1) is 28.9. The van der Waals surface area contributed by atoms with Gasteiger partial charge in [-0.2, -0.15) is 13.2 Å². The molecule has 13 heteroatoms. The number of carbonyl (C=O) groups is 2. The molecule has 0 aliphatic carbocycles. The van der Waals surface area contributed by atoms with E-state index in [-0.39, 0.29) is 11.6 Å². The average molecular weight is 599 g/mol. The maximum Gasteiger partial charge on any atom is 0.416 e. The summed E-state index contributed by atoms with van der Waals surface area (Å²) < 4.78 is 66.1. The van der Waals surface area contributed by atoms with Gasteiger partial charge in [0, 0.05) is 17.6 Å². The van der Waals surface area contributed by atoms with Crippen LogP contribution in [0, 0.1) is 0 Å². The van der Waals surface area contributed by atoms with Crippen LogP contribution in [-0.4, -0.2) is 50.5 Å². The fourth-order valence-corrected chi connectivity index (χ4v) is 4.55. The Bertz CT molecular complexity index is 1180. The van der Waals surface area contributed by atoms with E-state index in [1.54, 1.807) is 31.2 Å². The van der Waals surface area contributed by atoms with Crippen molar-refractivity contribution in [1.82, 2.24) is 10.2 Å². The molecule has 0 spiro atoms. The lowest BCUT2D eigenvalue weighted by Crippen LogP contribution is -2.51. The Morgan fingerprint density at radius 3 is 2.26 bits per heavy atom. The maximum absolute atomic E-state index is 13.4. The second-order valence-electron chi connectivity index (χ2n) is 7.65. The summed E-state index contributed by atoms with van der Waals surface area (Å²) in [5.74, 6) is -1.27. The van der Waals surface area contributed by atoms with Gasteiger partial charge in [-0.1, -0.05) is 39.7 Å². The molecule has 0 aliphatic rings. The van der Waals surface area contributed by atoms with Crippen LogP contribution in [0.3, 0.4) is 0 Å². The number of anilines is 1. The molecule has 2 amide bonds. The second-order valence-corrected chi connectivity index (χ2v) is 10.9. The van der Waals surface area contributed by atoms with Crippen LogP contribution in [0.1, 0.15) is 25.0 Å². The van der Waals surface area contributed by atoms with Gasteiger partial charge in [-0.05, 0) is 49.7 Å². The van der Waals surface area contributed by atoms with Crippen molar-refractivity contribution in [1.29, 1.82) is 0 Å². The van der Waals surface area contributed by atoms with E-state index in [1.165, 1.54) is 6.92 Å². The van der Waals surface area contributed by atoms with Crippen LogP contribution in [0.2, 0.25) is 5.02 Å². The fourth-order valence-electron chi connectivity index (χ4n) is 3.17. The van der Waals surface area contributed by atoms with E-state index in [4.69, 9.17) is 11.6 Å².